The van der Waals surface area contributed by atoms with Gasteiger partial charge < -0.3 is 4.74 Å². The first-order valence-corrected chi connectivity index (χ1v) is 5.52. The molecule has 0 radical (unpaired) electrons. The van der Waals surface area contributed by atoms with Gasteiger partial charge in [-0.3, -0.25) is 9.69 Å². The summed E-state index contributed by atoms with van der Waals surface area (Å²) in [6.45, 7) is 6.38. The largest absolute Gasteiger partial charge is 0.468 e. The Balaban J connectivity index is 2.56. The molecule has 3 nitrogen and oxygen atoms in total. The summed E-state index contributed by atoms with van der Waals surface area (Å²) in [4.78, 5) is 13.5. The fourth-order valence-corrected chi connectivity index (χ4v) is 1.78. The second kappa shape index (κ2) is 4.94. The molecular weight excluding hydrogens is 246 g/mol. The topological polar surface area (TPSA) is 29.5 Å². The summed E-state index contributed by atoms with van der Waals surface area (Å²) in [7, 11) is 1.42. The van der Waals surface area contributed by atoms with Crippen LogP contribution in [0.15, 0.2) is 11.1 Å². The van der Waals surface area contributed by atoms with E-state index in [1.165, 1.54) is 20.0 Å². The number of halogens is 1. The Bertz CT molecular complexity index is 238. The fourth-order valence-electron chi connectivity index (χ4n) is 1.49. The van der Waals surface area contributed by atoms with E-state index in [4.69, 9.17) is 4.74 Å². The van der Waals surface area contributed by atoms with Gasteiger partial charge in [-0.2, -0.15) is 0 Å². The van der Waals surface area contributed by atoms with Gasteiger partial charge in [-0.1, -0.05) is 22.5 Å². The SMILES string of the molecule is C=C(Br)CN(C1CC1)C(C)C(=O)OC. The summed E-state index contributed by atoms with van der Waals surface area (Å²) in [5.74, 6) is -0.175. The fraction of sp³-hybridized carbons (Fsp3) is 0.700. The third-order valence-corrected chi connectivity index (χ3v) is 2.66. The van der Waals surface area contributed by atoms with E-state index < -0.39 is 0 Å². The molecule has 1 aliphatic rings. The second-order valence-electron chi connectivity index (χ2n) is 3.62. The van der Waals surface area contributed by atoms with Crippen LogP contribution in [0.3, 0.4) is 0 Å². The zero-order valence-electron chi connectivity index (χ0n) is 8.62. The molecule has 1 aliphatic carbocycles. The minimum absolute atomic E-state index is 0.175. The lowest BCUT2D eigenvalue weighted by atomic mass is 10.2. The zero-order chi connectivity index (χ0) is 10.7. The molecule has 0 bridgehead atoms. The highest BCUT2D eigenvalue weighted by atomic mass is 79.9. The Labute approximate surface area is 93.2 Å². The van der Waals surface area contributed by atoms with Gasteiger partial charge in [0.25, 0.3) is 0 Å². The van der Waals surface area contributed by atoms with Crippen LogP contribution in [0.25, 0.3) is 0 Å². The summed E-state index contributed by atoms with van der Waals surface area (Å²) >= 11 is 3.32. The van der Waals surface area contributed by atoms with E-state index in [9.17, 15) is 4.79 Å². The molecule has 0 spiro atoms. The lowest BCUT2D eigenvalue weighted by Crippen LogP contribution is -2.41. The maximum Gasteiger partial charge on any atom is 0.322 e. The molecule has 0 saturated heterocycles. The van der Waals surface area contributed by atoms with E-state index >= 15 is 0 Å². The maximum atomic E-state index is 11.4. The Morgan fingerprint density at radius 3 is 2.64 bits per heavy atom. The van der Waals surface area contributed by atoms with Gasteiger partial charge >= 0.3 is 5.97 Å². The molecule has 1 unspecified atom stereocenters. The van der Waals surface area contributed by atoms with Gasteiger partial charge in [0.15, 0.2) is 0 Å². The normalized spacial score (nSPS) is 18.0. The van der Waals surface area contributed by atoms with Crippen LogP contribution < -0.4 is 0 Å². The van der Waals surface area contributed by atoms with Crippen molar-refractivity contribution >= 4 is 21.9 Å². The molecule has 1 saturated carbocycles. The predicted octanol–water partition coefficient (Wildman–Crippen LogP) is 1.92. The number of nitrogens with zero attached hydrogens (tertiary/aromatic N) is 1. The first kappa shape index (κ1) is 11.7. The van der Waals surface area contributed by atoms with E-state index in [2.05, 4.69) is 27.4 Å². The van der Waals surface area contributed by atoms with Crippen molar-refractivity contribution in [3.63, 3.8) is 0 Å². The summed E-state index contributed by atoms with van der Waals surface area (Å²) in [6, 6.07) is 0.347. The molecule has 80 valence electrons. The average molecular weight is 262 g/mol. The minimum atomic E-state index is -0.179. The van der Waals surface area contributed by atoms with Crippen LogP contribution in [0.4, 0.5) is 0 Å². The number of rotatable bonds is 5. The molecule has 1 rings (SSSR count). The Morgan fingerprint density at radius 2 is 2.29 bits per heavy atom. The summed E-state index contributed by atoms with van der Waals surface area (Å²) in [5, 5.41) is 0. The van der Waals surface area contributed by atoms with E-state index in [0.29, 0.717) is 12.6 Å². The van der Waals surface area contributed by atoms with E-state index in [-0.39, 0.29) is 12.0 Å². The molecule has 0 aromatic rings. The van der Waals surface area contributed by atoms with Crippen LogP contribution in [0.2, 0.25) is 0 Å². The molecule has 0 aliphatic heterocycles. The molecule has 1 atom stereocenters. The predicted molar refractivity (Wildman–Crippen MR) is 59.3 cm³/mol. The van der Waals surface area contributed by atoms with Gasteiger partial charge in [0, 0.05) is 17.1 Å². The molecule has 4 heteroatoms. The highest BCUT2D eigenvalue weighted by Crippen LogP contribution is 2.30. The van der Waals surface area contributed by atoms with Crippen molar-refractivity contribution in [1.29, 1.82) is 0 Å². The van der Waals surface area contributed by atoms with Crippen molar-refractivity contribution in [1.82, 2.24) is 4.90 Å². The molecule has 1 fully saturated rings. The molecule has 0 amide bonds. The molecule has 14 heavy (non-hydrogen) atoms. The summed E-state index contributed by atoms with van der Waals surface area (Å²) < 4.78 is 5.63. The summed E-state index contributed by atoms with van der Waals surface area (Å²) in [6.07, 6.45) is 2.34. The lowest BCUT2D eigenvalue weighted by Gasteiger charge is -2.26. The van der Waals surface area contributed by atoms with Crippen LogP contribution in [0.5, 0.6) is 0 Å². The first-order chi connectivity index (χ1) is 6.56. The van der Waals surface area contributed by atoms with Gasteiger partial charge in [-0.15, -0.1) is 0 Å². The quantitative estimate of drug-likeness (QED) is 0.709. The first-order valence-electron chi connectivity index (χ1n) is 4.73. The van der Waals surface area contributed by atoms with Gasteiger partial charge in [0.1, 0.15) is 6.04 Å². The van der Waals surface area contributed by atoms with Crippen molar-refractivity contribution < 1.29 is 9.53 Å². The van der Waals surface area contributed by atoms with Crippen molar-refractivity contribution in [2.24, 2.45) is 0 Å². The van der Waals surface area contributed by atoms with Crippen LogP contribution >= 0.6 is 15.9 Å². The number of hydrogen-bond acceptors (Lipinski definition) is 3. The Morgan fingerprint density at radius 1 is 1.71 bits per heavy atom. The number of methoxy groups -OCH3 is 1. The number of hydrogen-bond donors (Lipinski definition) is 0. The Kier molecular flexibility index (Phi) is 4.13. The zero-order valence-corrected chi connectivity index (χ0v) is 10.2. The molecule has 0 aromatic carbocycles. The molecular formula is C10H16BrNO2. The van der Waals surface area contributed by atoms with Gasteiger partial charge in [0.05, 0.1) is 7.11 Å². The van der Waals surface area contributed by atoms with Crippen LogP contribution in [0, 0.1) is 0 Å². The van der Waals surface area contributed by atoms with Gasteiger partial charge in [-0.25, -0.2) is 0 Å². The highest BCUT2D eigenvalue weighted by molar-refractivity contribution is 9.11. The van der Waals surface area contributed by atoms with Crippen molar-refractivity contribution in [2.75, 3.05) is 13.7 Å². The van der Waals surface area contributed by atoms with Crippen molar-refractivity contribution in [3.05, 3.63) is 11.1 Å². The van der Waals surface area contributed by atoms with Gasteiger partial charge in [-0.05, 0) is 19.8 Å². The Hall–Kier alpha value is -0.350. The average Bonchev–Trinajstić information content (AvgIpc) is 2.94. The van der Waals surface area contributed by atoms with Crippen LogP contribution in [0.1, 0.15) is 19.8 Å². The van der Waals surface area contributed by atoms with Crippen molar-refractivity contribution in [3.8, 4) is 0 Å². The maximum absolute atomic E-state index is 11.4. The standard InChI is InChI=1S/C10H16BrNO2/c1-7(11)6-12(9-4-5-9)8(2)10(13)14-3/h8-9H,1,4-6H2,2-3H3. The molecule has 0 aromatic heterocycles. The number of carbonyl (C=O) groups is 1. The number of carbonyl (C=O) groups excluding carboxylic acids is 1. The smallest absolute Gasteiger partial charge is 0.322 e. The van der Waals surface area contributed by atoms with Gasteiger partial charge in [0.2, 0.25) is 0 Å². The number of ether oxygens (including phenoxy) is 1. The van der Waals surface area contributed by atoms with Crippen LogP contribution in [-0.2, 0) is 9.53 Å². The van der Waals surface area contributed by atoms with E-state index in [0.717, 1.165) is 4.48 Å². The number of esters is 1. The molecule has 0 heterocycles. The van der Waals surface area contributed by atoms with E-state index in [1.54, 1.807) is 0 Å². The summed E-state index contributed by atoms with van der Waals surface area (Å²) in [5.41, 5.74) is 0. The van der Waals surface area contributed by atoms with Crippen LogP contribution in [-0.4, -0.2) is 36.6 Å². The third kappa shape index (κ3) is 3.10. The third-order valence-electron chi connectivity index (χ3n) is 2.41. The van der Waals surface area contributed by atoms with Crippen molar-refractivity contribution in [2.45, 2.75) is 31.8 Å². The highest BCUT2D eigenvalue weighted by Gasteiger charge is 2.35. The van der Waals surface area contributed by atoms with E-state index in [1.807, 2.05) is 6.92 Å². The second-order valence-corrected chi connectivity index (χ2v) is 4.74. The monoisotopic (exact) mass is 261 g/mol. The minimum Gasteiger partial charge on any atom is -0.468 e. The lowest BCUT2D eigenvalue weighted by molar-refractivity contribution is -0.146. The molecule has 0 N–H and O–H groups in total.